The van der Waals surface area contributed by atoms with Crippen LogP contribution in [-0.2, 0) is 5.41 Å². The summed E-state index contributed by atoms with van der Waals surface area (Å²) in [5, 5.41) is 2.23. The van der Waals surface area contributed by atoms with Gasteiger partial charge in [0, 0.05) is 27.9 Å². The predicted octanol–water partition coefficient (Wildman–Crippen LogP) is 9.31. The molecule has 38 heavy (non-hydrogen) atoms. The molecule has 1 aliphatic carbocycles. The number of rotatable bonds is 2. The van der Waals surface area contributed by atoms with Gasteiger partial charge in [0.05, 0.1) is 16.6 Å². The molecule has 0 radical (unpaired) electrons. The van der Waals surface area contributed by atoms with Crippen molar-refractivity contribution in [3.63, 3.8) is 0 Å². The van der Waals surface area contributed by atoms with Crippen molar-refractivity contribution in [3.8, 4) is 27.9 Å². The van der Waals surface area contributed by atoms with E-state index in [1.54, 1.807) is 12.1 Å². The van der Waals surface area contributed by atoms with Crippen molar-refractivity contribution in [3.05, 3.63) is 125 Å². The fourth-order valence-electron chi connectivity index (χ4n) is 6.03. The van der Waals surface area contributed by atoms with E-state index in [-0.39, 0.29) is 11.6 Å². The van der Waals surface area contributed by atoms with Gasteiger partial charge in [-0.05, 0) is 64.2 Å². The van der Waals surface area contributed by atoms with Gasteiger partial charge in [-0.25, -0.2) is 17.6 Å². The number of benzene rings is 5. The minimum absolute atomic E-state index is 0.0989. The largest absolute Gasteiger partial charge is 0.309 e. The van der Waals surface area contributed by atoms with Gasteiger partial charge in [-0.15, -0.1) is 0 Å². The minimum Gasteiger partial charge on any atom is -0.309 e. The van der Waals surface area contributed by atoms with Gasteiger partial charge in [0.2, 0.25) is 0 Å². The van der Waals surface area contributed by atoms with E-state index < -0.39 is 34.2 Å². The number of halogens is 4. The van der Waals surface area contributed by atoms with Crippen LogP contribution in [0.2, 0.25) is 0 Å². The zero-order chi connectivity index (χ0) is 26.3. The fourth-order valence-corrected chi connectivity index (χ4v) is 6.03. The third kappa shape index (κ3) is 2.99. The summed E-state index contributed by atoms with van der Waals surface area (Å²) in [6, 6.07) is 28.0. The van der Waals surface area contributed by atoms with Crippen LogP contribution in [0.1, 0.15) is 25.0 Å². The Morgan fingerprint density at radius 2 is 1.24 bits per heavy atom. The smallest absolute Gasteiger partial charge is 0.169 e. The van der Waals surface area contributed by atoms with Gasteiger partial charge in [-0.3, -0.25) is 0 Å². The molecule has 186 valence electrons. The molecule has 0 atom stereocenters. The molecule has 0 unspecified atom stereocenters. The Balaban J connectivity index is 1.51. The van der Waals surface area contributed by atoms with Crippen LogP contribution >= 0.6 is 0 Å². The first-order valence-corrected chi connectivity index (χ1v) is 12.4. The molecule has 6 aromatic rings. The van der Waals surface area contributed by atoms with Gasteiger partial charge in [-0.1, -0.05) is 62.4 Å². The van der Waals surface area contributed by atoms with Crippen LogP contribution in [-0.4, -0.2) is 4.57 Å². The number of para-hydroxylation sites is 2. The van der Waals surface area contributed by atoms with E-state index in [9.17, 15) is 17.6 Å². The van der Waals surface area contributed by atoms with Crippen molar-refractivity contribution in [2.24, 2.45) is 0 Å². The van der Waals surface area contributed by atoms with Crippen LogP contribution in [0.5, 0.6) is 0 Å². The third-order valence-electron chi connectivity index (χ3n) is 7.88. The second-order valence-electron chi connectivity index (χ2n) is 10.3. The van der Waals surface area contributed by atoms with E-state index in [0.717, 1.165) is 49.7 Å². The number of hydrogen-bond donors (Lipinski definition) is 0. The maximum atomic E-state index is 14.7. The number of fused-ring (bicyclic) bond motifs is 6. The maximum absolute atomic E-state index is 14.7. The Hall–Kier alpha value is -4.38. The van der Waals surface area contributed by atoms with Gasteiger partial charge >= 0.3 is 0 Å². The lowest BCUT2D eigenvalue weighted by molar-refractivity contribution is 0.458. The van der Waals surface area contributed by atoms with Gasteiger partial charge in [0.25, 0.3) is 0 Å². The Kier molecular flexibility index (Phi) is 4.68. The van der Waals surface area contributed by atoms with Crippen LogP contribution in [0.15, 0.2) is 91.0 Å². The van der Waals surface area contributed by atoms with Crippen LogP contribution in [0.3, 0.4) is 0 Å². The molecule has 5 heteroatoms. The molecular weight excluding hydrogens is 486 g/mol. The fraction of sp³-hybridized carbons (Fsp3) is 0.0909. The molecule has 1 aromatic heterocycles. The normalized spacial score (nSPS) is 13.7. The summed E-state index contributed by atoms with van der Waals surface area (Å²) < 4.78 is 59.5. The van der Waals surface area contributed by atoms with Gasteiger partial charge < -0.3 is 4.57 Å². The van der Waals surface area contributed by atoms with E-state index in [1.807, 2.05) is 30.3 Å². The van der Waals surface area contributed by atoms with E-state index in [1.165, 1.54) is 6.07 Å². The predicted molar refractivity (Wildman–Crippen MR) is 144 cm³/mol. The quantitative estimate of drug-likeness (QED) is 0.163. The molecule has 0 spiro atoms. The summed E-state index contributed by atoms with van der Waals surface area (Å²) in [5.74, 6) is -5.63. The van der Waals surface area contributed by atoms with Crippen LogP contribution in [0.25, 0.3) is 49.7 Å². The van der Waals surface area contributed by atoms with Crippen molar-refractivity contribution < 1.29 is 17.6 Å². The standard InChI is InChI=1S/C33H21F4N/c1-33(2)24-14-18(30-31(36)26(34)17-27(35)32(30)37)12-13-20(24)22-16-29-23(15-25(22)33)21-10-6-7-11-28(21)38(29)19-8-4-3-5-9-19/h3-17H,1-2H3. The highest BCUT2D eigenvalue weighted by molar-refractivity contribution is 6.11. The Labute approximate surface area is 216 Å². The van der Waals surface area contributed by atoms with Crippen molar-refractivity contribution in [1.82, 2.24) is 4.57 Å². The number of nitrogens with zero attached hydrogens (tertiary/aromatic N) is 1. The average Bonchev–Trinajstić information content (AvgIpc) is 3.36. The Morgan fingerprint density at radius 3 is 1.97 bits per heavy atom. The molecule has 7 rings (SSSR count). The highest BCUT2D eigenvalue weighted by Gasteiger charge is 2.37. The zero-order valence-electron chi connectivity index (χ0n) is 20.6. The molecule has 5 aromatic carbocycles. The zero-order valence-corrected chi connectivity index (χ0v) is 20.6. The van der Waals surface area contributed by atoms with E-state index >= 15 is 0 Å². The molecule has 1 nitrogen and oxygen atoms in total. The van der Waals surface area contributed by atoms with Crippen molar-refractivity contribution in [2.45, 2.75) is 19.3 Å². The first-order valence-electron chi connectivity index (χ1n) is 12.4. The Morgan fingerprint density at radius 1 is 0.579 bits per heavy atom. The lowest BCUT2D eigenvalue weighted by Gasteiger charge is -2.22. The lowest BCUT2D eigenvalue weighted by atomic mass is 9.81. The molecule has 1 heterocycles. The first kappa shape index (κ1) is 22.8. The van der Waals surface area contributed by atoms with Crippen molar-refractivity contribution in [1.29, 1.82) is 0 Å². The second kappa shape index (κ2) is 7.81. The highest BCUT2D eigenvalue weighted by atomic mass is 19.2. The molecule has 0 bridgehead atoms. The molecule has 0 aliphatic heterocycles. The molecule has 0 N–H and O–H groups in total. The number of hydrogen-bond acceptors (Lipinski definition) is 0. The summed E-state index contributed by atoms with van der Waals surface area (Å²) in [7, 11) is 0. The van der Waals surface area contributed by atoms with Gasteiger partial charge in [-0.2, -0.15) is 0 Å². The van der Waals surface area contributed by atoms with Crippen LogP contribution < -0.4 is 0 Å². The van der Waals surface area contributed by atoms with Gasteiger partial charge in [0.1, 0.15) is 0 Å². The first-order chi connectivity index (χ1) is 18.3. The topological polar surface area (TPSA) is 4.93 Å². The van der Waals surface area contributed by atoms with Crippen LogP contribution in [0.4, 0.5) is 17.6 Å². The highest BCUT2D eigenvalue weighted by Crippen LogP contribution is 2.52. The van der Waals surface area contributed by atoms with E-state index in [0.29, 0.717) is 0 Å². The molecule has 0 fully saturated rings. The van der Waals surface area contributed by atoms with Gasteiger partial charge in [0.15, 0.2) is 23.3 Å². The maximum Gasteiger partial charge on any atom is 0.169 e. The second-order valence-corrected chi connectivity index (χ2v) is 10.3. The summed E-state index contributed by atoms with van der Waals surface area (Å²) in [6.07, 6.45) is 0. The van der Waals surface area contributed by atoms with E-state index in [4.69, 9.17) is 0 Å². The van der Waals surface area contributed by atoms with Crippen LogP contribution in [0, 0.1) is 23.3 Å². The summed E-state index contributed by atoms with van der Waals surface area (Å²) in [6.45, 7) is 4.12. The van der Waals surface area contributed by atoms with Crippen molar-refractivity contribution >= 4 is 21.8 Å². The summed E-state index contributed by atoms with van der Waals surface area (Å²) in [4.78, 5) is 0. The lowest BCUT2D eigenvalue weighted by Crippen LogP contribution is -2.15. The van der Waals surface area contributed by atoms with E-state index in [2.05, 4.69) is 54.8 Å². The third-order valence-corrected chi connectivity index (χ3v) is 7.88. The average molecular weight is 508 g/mol. The number of aromatic nitrogens is 1. The Bertz CT molecular complexity index is 1910. The molecular formula is C33H21F4N. The summed E-state index contributed by atoms with van der Waals surface area (Å²) >= 11 is 0. The monoisotopic (exact) mass is 507 g/mol. The molecule has 0 amide bonds. The summed E-state index contributed by atoms with van der Waals surface area (Å²) in [5.41, 5.74) is 5.97. The molecule has 1 aliphatic rings. The molecule has 0 saturated carbocycles. The minimum atomic E-state index is -1.42. The SMILES string of the molecule is CC1(C)c2cc(-c3c(F)c(F)cc(F)c3F)ccc2-c2cc3c(cc21)c1ccccc1n3-c1ccccc1. The molecule has 0 saturated heterocycles. The van der Waals surface area contributed by atoms with Crippen molar-refractivity contribution in [2.75, 3.05) is 0 Å².